The second kappa shape index (κ2) is 8.99. The van der Waals surface area contributed by atoms with Crippen molar-refractivity contribution in [3.8, 4) is 28.3 Å². The minimum absolute atomic E-state index is 0.302. The Bertz CT molecular complexity index is 1400. The number of fused-ring (bicyclic) bond motifs is 1. The van der Waals surface area contributed by atoms with Crippen molar-refractivity contribution in [2.75, 3.05) is 12.4 Å². The van der Waals surface area contributed by atoms with E-state index >= 15 is 0 Å². The van der Waals surface area contributed by atoms with Crippen LogP contribution in [0.2, 0.25) is 0 Å². The third-order valence-corrected chi connectivity index (χ3v) is 5.29. The minimum atomic E-state index is 0.302. The van der Waals surface area contributed by atoms with E-state index in [1.165, 1.54) is 0 Å². The lowest BCUT2D eigenvalue weighted by Crippen LogP contribution is -2.07. The summed E-state index contributed by atoms with van der Waals surface area (Å²) in [7, 11) is 1.86. The summed E-state index contributed by atoms with van der Waals surface area (Å²) in [6, 6.07) is 17.9. The van der Waals surface area contributed by atoms with Crippen molar-refractivity contribution >= 4 is 16.7 Å². The van der Waals surface area contributed by atoms with Crippen LogP contribution in [0.5, 0.6) is 5.75 Å². The lowest BCUT2D eigenvalue weighted by Gasteiger charge is -2.11. The monoisotopic (exact) mass is 438 g/mol. The normalized spacial score (nSPS) is 11.0. The lowest BCUT2D eigenvalue weighted by molar-refractivity contribution is 0.287. The van der Waals surface area contributed by atoms with Gasteiger partial charge in [0, 0.05) is 36.9 Å². The molecule has 0 fully saturated rings. The molecule has 0 unspecified atom stereocenters. The molecule has 0 atom stereocenters. The first-order valence-corrected chi connectivity index (χ1v) is 10.6. The van der Waals surface area contributed by atoms with Gasteiger partial charge in [-0.3, -0.25) is 4.98 Å². The van der Waals surface area contributed by atoms with Gasteiger partial charge in [-0.25, -0.2) is 14.6 Å². The Morgan fingerprint density at radius 3 is 2.67 bits per heavy atom. The molecule has 1 N–H and O–H groups in total. The number of hydrogen-bond donors (Lipinski definition) is 1. The van der Waals surface area contributed by atoms with Gasteiger partial charge in [0.05, 0.1) is 5.52 Å². The van der Waals surface area contributed by atoms with E-state index in [1.54, 1.807) is 17.1 Å². The molecular formula is C24H22N8O. The molecule has 164 valence electrons. The van der Waals surface area contributed by atoms with Gasteiger partial charge in [0.2, 0.25) is 0 Å². The Hall–Kier alpha value is -4.40. The Morgan fingerprint density at radius 1 is 0.970 bits per heavy atom. The fourth-order valence-electron chi connectivity index (χ4n) is 3.61. The fraction of sp³-hybridized carbons (Fsp3) is 0.167. The maximum Gasteiger partial charge on any atom is 0.189 e. The van der Waals surface area contributed by atoms with Crippen LogP contribution >= 0.6 is 0 Å². The van der Waals surface area contributed by atoms with Gasteiger partial charge in [-0.05, 0) is 64.9 Å². The summed E-state index contributed by atoms with van der Waals surface area (Å²) in [5.41, 5.74) is 3.80. The Balaban J connectivity index is 1.46. The molecular weight excluding hydrogens is 416 g/mol. The van der Waals surface area contributed by atoms with Crippen LogP contribution in [0.4, 0.5) is 5.82 Å². The second-order valence-corrected chi connectivity index (χ2v) is 7.35. The molecule has 3 heterocycles. The molecule has 0 saturated carbocycles. The highest BCUT2D eigenvalue weighted by atomic mass is 16.5. The highest BCUT2D eigenvalue weighted by Gasteiger charge is 2.11. The summed E-state index contributed by atoms with van der Waals surface area (Å²) in [4.78, 5) is 13.6. The van der Waals surface area contributed by atoms with E-state index in [2.05, 4.69) is 38.0 Å². The molecule has 3 aromatic heterocycles. The molecule has 0 aliphatic heterocycles. The van der Waals surface area contributed by atoms with Crippen molar-refractivity contribution in [1.29, 1.82) is 0 Å². The van der Waals surface area contributed by atoms with Crippen LogP contribution in [0, 0.1) is 0 Å². The van der Waals surface area contributed by atoms with E-state index in [1.807, 2.05) is 56.4 Å². The highest BCUT2D eigenvalue weighted by Crippen LogP contribution is 2.31. The first-order valence-electron chi connectivity index (χ1n) is 10.6. The molecule has 0 saturated heterocycles. The number of nitrogens with zero attached hydrogens (tertiary/aromatic N) is 7. The van der Waals surface area contributed by atoms with Crippen molar-refractivity contribution in [3.63, 3.8) is 0 Å². The zero-order chi connectivity index (χ0) is 22.6. The van der Waals surface area contributed by atoms with E-state index in [-0.39, 0.29) is 0 Å². The van der Waals surface area contributed by atoms with Crippen LogP contribution in [0.1, 0.15) is 12.7 Å². The van der Waals surface area contributed by atoms with E-state index in [0.29, 0.717) is 24.8 Å². The van der Waals surface area contributed by atoms with Gasteiger partial charge in [-0.2, -0.15) is 0 Å². The minimum Gasteiger partial charge on any atom is -0.486 e. The molecule has 0 aliphatic carbocycles. The van der Waals surface area contributed by atoms with Crippen LogP contribution in [0.3, 0.4) is 0 Å². The number of anilines is 1. The van der Waals surface area contributed by atoms with E-state index in [4.69, 9.17) is 14.7 Å². The zero-order valence-corrected chi connectivity index (χ0v) is 18.3. The summed E-state index contributed by atoms with van der Waals surface area (Å²) in [6.45, 7) is 2.99. The Labute approximate surface area is 190 Å². The molecule has 0 radical (unpaired) electrons. The molecule has 9 nitrogen and oxygen atoms in total. The topological polar surface area (TPSA) is 104 Å². The summed E-state index contributed by atoms with van der Waals surface area (Å²) < 4.78 is 7.66. The van der Waals surface area contributed by atoms with Crippen molar-refractivity contribution < 1.29 is 4.74 Å². The predicted molar refractivity (Wildman–Crippen MR) is 126 cm³/mol. The van der Waals surface area contributed by atoms with Crippen LogP contribution in [-0.4, -0.2) is 42.2 Å². The summed E-state index contributed by atoms with van der Waals surface area (Å²) in [5.74, 6) is 2.83. The van der Waals surface area contributed by atoms with Gasteiger partial charge in [-0.15, -0.1) is 5.10 Å². The fourth-order valence-corrected chi connectivity index (χ4v) is 3.61. The number of benzene rings is 2. The number of rotatable bonds is 7. The number of hydrogen-bond acceptors (Lipinski definition) is 8. The highest BCUT2D eigenvalue weighted by molar-refractivity contribution is 5.94. The number of pyridine rings is 1. The van der Waals surface area contributed by atoms with Gasteiger partial charge in [0.15, 0.2) is 11.6 Å². The summed E-state index contributed by atoms with van der Waals surface area (Å²) in [5, 5.41) is 15.8. The van der Waals surface area contributed by atoms with E-state index in [0.717, 1.165) is 39.2 Å². The van der Waals surface area contributed by atoms with Gasteiger partial charge in [0.25, 0.3) is 0 Å². The third-order valence-electron chi connectivity index (χ3n) is 5.29. The SMILES string of the molecule is CCn1nnnc1COc1cccc(-c2ccc3nc(-c4cccnc4)nc(NC)c3c2)c1. The molecule has 2 aromatic carbocycles. The largest absolute Gasteiger partial charge is 0.486 e. The molecule has 0 aliphatic rings. The number of nitrogens with one attached hydrogen (secondary N) is 1. The molecule has 0 spiro atoms. The average Bonchev–Trinajstić information content (AvgIpc) is 3.35. The van der Waals surface area contributed by atoms with Crippen molar-refractivity contribution in [3.05, 3.63) is 72.8 Å². The molecule has 5 aromatic rings. The van der Waals surface area contributed by atoms with Gasteiger partial charge in [-0.1, -0.05) is 18.2 Å². The standard InChI is InChI=1S/C24H22N8O/c1-3-32-22(29-30-31-32)15-33-19-8-4-6-16(12-19)17-9-10-21-20(13-17)24(25-2)28-23(27-21)18-7-5-11-26-14-18/h4-14H,3,15H2,1-2H3,(H,25,27,28). The van der Waals surface area contributed by atoms with Crippen LogP contribution in [0.15, 0.2) is 67.0 Å². The van der Waals surface area contributed by atoms with Gasteiger partial charge in [0.1, 0.15) is 18.2 Å². The van der Waals surface area contributed by atoms with E-state index in [9.17, 15) is 0 Å². The summed E-state index contributed by atoms with van der Waals surface area (Å²) in [6.07, 6.45) is 3.50. The summed E-state index contributed by atoms with van der Waals surface area (Å²) >= 11 is 0. The smallest absolute Gasteiger partial charge is 0.189 e. The number of tetrazole rings is 1. The third kappa shape index (κ3) is 4.20. The average molecular weight is 438 g/mol. The number of aryl methyl sites for hydroxylation is 1. The lowest BCUT2D eigenvalue weighted by atomic mass is 10.0. The van der Waals surface area contributed by atoms with Crippen LogP contribution in [-0.2, 0) is 13.2 Å². The molecule has 0 amide bonds. The first kappa shape index (κ1) is 20.5. The predicted octanol–water partition coefficient (Wildman–Crippen LogP) is 3.99. The quantitative estimate of drug-likeness (QED) is 0.407. The number of ether oxygens (including phenoxy) is 1. The van der Waals surface area contributed by atoms with Crippen molar-refractivity contribution in [1.82, 2.24) is 35.2 Å². The zero-order valence-electron chi connectivity index (χ0n) is 18.3. The van der Waals surface area contributed by atoms with E-state index < -0.39 is 0 Å². The first-order chi connectivity index (χ1) is 16.2. The maximum absolute atomic E-state index is 5.95. The van der Waals surface area contributed by atoms with Crippen LogP contribution < -0.4 is 10.1 Å². The maximum atomic E-state index is 5.95. The van der Waals surface area contributed by atoms with Crippen molar-refractivity contribution in [2.45, 2.75) is 20.1 Å². The van der Waals surface area contributed by atoms with Crippen LogP contribution in [0.25, 0.3) is 33.4 Å². The number of aromatic nitrogens is 7. The molecule has 0 bridgehead atoms. The molecule has 9 heteroatoms. The van der Waals surface area contributed by atoms with Gasteiger partial charge < -0.3 is 10.1 Å². The Morgan fingerprint density at radius 2 is 1.85 bits per heavy atom. The Kier molecular flexibility index (Phi) is 5.59. The van der Waals surface area contributed by atoms with Crippen molar-refractivity contribution in [2.24, 2.45) is 0 Å². The molecule has 33 heavy (non-hydrogen) atoms. The second-order valence-electron chi connectivity index (χ2n) is 7.35. The van der Waals surface area contributed by atoms with Gasteiger partial charge >= 0.3 is 0 Å². The molecule has 5 rings (SSSR count).